The lowest BCUT2D eigenvalue weighted by molar-refractivity contribution is 1.10. The van der Waals surface area contributed by atoms with E-state index in [0.29, 0.717) is 0 Å². The van der Waals surface area contributed by atoms with Gasteiger partial charge in [0.15, 0.2) is 0 Å². The first-order valence-corrected chi connectivity index (χ1v) is 5.30. The molecule has 1 heterocycles. The number of thiol groups is 1. The van der Waals surface area contributed by atoms with Gasteiger partial charge in [-0.3, -0.25) is 4.99 Å². The molecule has 1 aromatic carbocycles. The Morgan fingerprint density at radius 1 is 1.33 bits per heavy atom. The molecule has 1 nitrogen and oxygen atoms in total. The van der Waals surface area contributed by atoms with Gasteiger partial charge in [0.25, 0.3) is 0 Å². The van der Waals surface area contributed by atoms with Crippen molar-refractivity contribution < 1.29 is 0 Å². The average molecular weight is 195 g/mol. The fraction of sp³-hybridized carbons (Fsp3) is 0.222. The minimum absolute atomic E-state index is 0.185. The number of hydrogen-bond donors (Lipinski definition) is 1. The molecule has 0 saturated heterocycles. The first-order valence-electron chi connectivity index (χ1n) is 3.80. The van der Waals surface area contributed by atoms with E-state index < -0.39 is 0 Å². The lowest BCUT2D eigenvalue weighted by Gasteiger charge is -1.96. The monoisotopic (exact) mass is 195 g/mol. The van der Waals surface area contributed by atoms with Crippen molar-refractivity contribution in [2.24, 2.45) is 4.99 Å². The molecule has 62 valence electrons. The molecule has 0 radical (unpaired) electrons. The van der Waals surface area contributed by atoms with Gasteiger partial charge in [-0.2, -0.15) is 12.6 Å². The molecule has 12 heavy (non-hydrogen) atoms. The second-order valence-corrected chi connectivity index (χ2v) is 4.20. The van der Waals surface area contributed by atoms with E-state index in [1.54, 1.807) is 11.8 Å². The van der Waals surface area contributed by atoms with Gasteiger partial charge in [-0.1, -0.05) is 30.3 Å². The molecule has 0 bridgehead atoms. The molecule has 0 aliphatic carbocycles. The van der Waals surface area contributed by atoms with Gasteiger partial charge >= 0.3 is 0 Å². The third kappa shape index (κ3) is 1.67. The fourth-order valence-corrected chi connectivity index (χ4v) is 2.41. The molecule has 1 aromatic rings. The summed E-state index contributed by atoms with van der Waals surface area (Å²) in [4.78, 5) is 4.40. The maximum atomic E-state index is 4.40. The van der Waals surface area contributed by atoms with Gasteiger partial charge in [-0.05, 0) is 0 Å². The number of aliphatic imine (C=N–C) groups is 1. The Kier molecular flexibility index (Phi) is 2.42. The minimum atomic E-state index is 0.185. The van der Waals surface area contributed by atoms with Gasteiger partial charge in [0.1, 0.15) is 5.37 Å². The first kappa shape index (κ1) is 8.20. The van der Waals surface area contributed by atoms with Gasteiger partial charge in [-0.15, -0.1) is 11.8 Å². The molecule has 1 unspecified atom stereocenters. The van der Waals surface area contributed by atoms with Crippen LogP contribution in [0.4, 0.5) is 0 Å². The predicted molar refractivity (Wildman–Crippen MR) is 58.2 cm³/mol. The number of benzene rings is 1. The summed E-state index contributed by atoms with van der Waals surface area (Å²) >= 11 is 6.07. The molecule has 0 spiro atoms. The average Bonchev–Trinajstić information content (AvgIpc) is 2.54. The van der Waals surface area contributed by atoms with E-state index >= 15 is 0 Å². The molecule has 0 N–H and O–H groups in total. The number of hydrogen-bond acceptors (Lipinski definition) is 3. The molecule has 2 rings (SSSR count). The summed E-state index contributed by atoms with van der Waals surface area (Å²) < 4.78 is 0. The highest BCUT2D eigenvalue weighted by atomic mass is 32.2. The molecule has 0 fully saturated rings. The summed E-state index contributed by atoms with van der Waals surface area (Å²) in [6.07, 6.45) is 0. The lowest BCUT2D eigenvalue weighted by Crippen LogP contribution is -1.90. The Hall–Kier alpha value is -0.410. The van der Waals surface area contributed by atoms with Crippen molar-refractivity contribution in [1.82, 2.24) is 0 Å². The van der Waals surface area contributed by atoms with E-state index in [1.165, 1.54) is 5.56 Å². The van der Waals surface area contributed by atoms with Crippen molar-refractivity contribution >= 4 is 29.4 Å². The Bertz CT molecular complexity index is 295. The third-order valence-electron chi connectivity index (χ3n) is 1.66. The van der Waals surface area contributed by atoms with Crippen LogP contribution in [-0.4, -0.2) is 16.2 Å². The highest BCUT2D eigenvalue weighted by Gasteiger charge is 2.15. The smallest absolute Gasteiger partial charge is 0.103 e. The Labute approximate surface area is 81.7 Å². The number of thioether (sulfide) groups is 1. The summed E-state index contributed by atoms with van der Waals surface area (Å²) in [5.74, 6) is 0.993. The molecular weight excluding hydrogens is 186 g/mol. The van der Waals surface area contributed by atoms with Crippen LogP contribution in [0.5, 0.6) is 0 Å². The standard InChI is InChI=1S/C9H9NS2/c11-8-6-12-9(10-8)7-4-2-1-3-5-7/h1-5,8,11H,6H2. The Balaban J connectivity index is 2.27. The zero-order valence-corrected chi connectivity index (χ0v) is 8.18. The van der Waals surface area contributed by atoms with Crippen molar-refractivity contribution in [3.63, 3.8) is 0 Å². The molecule has 1 atom stereocenters. The SMILES string of the molecule is SC1CSC(c2ccccc2)=N1. The van der Waals surface area contributed by atoms with E-state index in [2.05, 4.69) is 29.8 Å². The van der Waals surface area contributed by atoms with Crippen LogP contribution in [0.25, 0.3) is 0 Å². The maximum absolute atomic E-state index is 4.40. The topological polar surface area (TPSA) is 12.4 Å². The van der Waals surface area contributed by atoms with Crippen LogP contribution < -0.4 is 0 Å². The van der Waals surface area contributed by atoms with Crippen molar-refractivity contribution in [2.45, 2.75) is 5.37 Å². The molecule has 3 heteroatoms. The second kappa shape index (κ2) is 3.54. The summed E-state index contributed by atoms with van der Waals surface area (Å²) in [6, 6.07) is 10.2. The van der Waals surface area contributed by atoms with Crippen LogP contribution >= 0.6 is 24.4 Å². The van der Waals surface area contributed by atoms with E-state index in [-0.39, 0.29) is 5.37 Å². The second-order valence-electron chi connectivity index (χ2n) is 2.59. The van der Waals surface area contributed by atoms with Crippen molar-refractivity contribution in [3.8, 4) is 0 Å². The Morgan fingerprint density at radius 3 is 2.67 bits per heavy atom. The van der Waals surface area contributed by atoms with Gasteiger partial charge in [0.05, 0.1) is 5.04 Å². The van der Waals surface area contributed by atoms with E-state index in [1.807, 2.05) is 18.2 Å². The fourth-order valence-electron chi connectivity index (χ4n) is 1.10. The summed E-state index contributed by atoms with van der Waals surface area (Å²) in [7, 11) is 0. The molecule has 0 saturated carbocycles. The molecular formula is C9H9NS2. The normalized spacial score (nSPS) is 22.4. The van der Waals surface area contributed by atoms with Crippen LogP contribution in [0.2, 0.25) is 0 Å². The Morgan fingerprint density at radius 2 is 2.08 bits per heavy atom. The van der Waals surface area contributed by atoms with Crippen molar-refractivity contribution in [3.05, 3.63) is 35.9 Å². The largest absolute Gasteiger partial charge is 0.263 e. The van der Waals surface area contributed by atoms with Crippen LogP contribution in [0, 0.1) is 0 Å². The van der Waals surface area contributed by atoms with E-state index in [9.17, 15) is 0 Å². The number of nitrogens with zero attached hydrogens (tertiary/aromatic N) is 1. The predicted octanol–water partition coefficient (Wildman–Crippen LogP) is 2.44. The molecule has 0 amide bonds. The molecule has 0 aromatic heterocycles. The van der Waals surface area contributed by atoms with Gasteiger partial charge in [-0.25, -0.2) is 0 Å². The molecule has 1 aliphatic rings. The summed E-state index contributed by atoms with van der Waals surface area (Å²) in [5, 5.41) is 1.31. The van der Waals surface area contributed by atoms with Crippen LogP contribution in [0.15, 0.2) is 35.3 Å². The van der Waals surface area contributed by atoms with E-state index in [0.717, 1.165) is 10.8 Å². The van der Waals surface area contributed by atoms with Crippen molar-refractivity contribution in [1.29, 1.82) is 0 Å². The quantitative estimate of drug-likeness (QED) is 0.679. The molecule has 1 aliphatic heterocycles. The van der Waals surface area contributed by atoms with Gasteiger partial charge < -0.3 is 0 Å². The van der Waals surface area contributed by atoms with E-state index in [4.69, 9.17) is 0 Å². The zero-order valence-electron chi connectivity index (χ0n) is 6.47. The van der Waals surface area contributed by atoms with Crippen LogP contribution in [0.1, 0.15) is 5.56 Å². The minimum Gasteiger partial charge on any atom is -0.263 e. The van der Waals surface area contributed by atoms with Gasteiger partial charge in [0, 0.05) is 11.3 Å². The maximum Gasteiger partial charge on any atom is 0.103 e. The highest BCUT2D eigenvalue weighted by Crippen LogP contribution is 2.24. The first-order chi connectivity index (χ1) is 5.86. The highest BCUT2D eigenvalue weighted by molar-refractivity contribution is 8.15. The van der Waals surface area contributed by atoms with Crippen molar-refractivity contribution in [2.75, 3.05) is 5.75 Å². The zero-order chi connectivity index (χ0) is 8.39. The summed E-state index contributed by atoms with van der Waals surface area (Å²) in [6.45, 7) is 0. The van der Waals surface area contributed by atoms with Crippen LogP contribution in [0.3, 0.4) is 0 Å². The third-order valence-corrected chi connectivity index (χ3v) is 3.30. The van der Waals surface area contributed by atoms with Gasteiger partial charge in [0.2, 0.25) is 0 Å². The lowest BCUT2D eigenvalue weighted by atomic mass is 10.2. The number of rotatable bonds is 1. The summed E-state index contributed by atoms with van der Waals surface area (Å²) in [5.41, 5.74) is 1.21. The van der Waals surface area contributed by atoms with Crippen LogP contribution in [-0.2, 0) is 0 Å².